The smallest absolute Gasteiger partial charge is 0.228 e. The van der Waals surface area contributed by atoms with Crippen LogP contribution in [0.4, 0.5) is 5.82 Å². The van der Waals surface area contributed by atoms with Gasteiger partial charge in [0.2, 0.25) is 5.91 Å². The fraction of sp³-hybridized carbons (Fsp3) is 0.500. The van der Waals surface area contributed by atoms with Crippen molar-refractivity contribution in [1.29, 1.82) is 0 Å². The fourth-order valence-corrected chi connectivity index (χ4v) is 2.23. The molecular formula is C12H16ClN3O. The number of hydrogen-bond donors (Lipinski definition) is 2. The highest BCUT2D eigenvalue weighted by atomic mass is 35.5. The van der Waals surface area contributed by atoms with Gasteiger partial charge in [-0.25, -0.2) is 4.98 Å². The SMILES string of the molecule is CC1CC(C(=O)Nc2cc(Cl)ccn2)CCN1. The molecule has 4 nitrogen and oxygen atoms in total. The zero-order chi connectivity index (χ0) is 12.3. The third-order valence-corrected chi connectivity index (χ3v) is 3.20. The molecule has 0 radical (unpaired) electrons. The van der Waals surface area contributed by atoms with Crippen LogP contribution in [0.15, 0.2) is 18.3 Å². The highest BCUT2D eigenvalue weighted by Crippen LogP contribution is 2.19. The molecule has 2 unspecified atom stereocenters. The molecule has 5 heteroatoms. The third kappa shape index (κ3) is 3.41. The Morgan fingerprint density at radius 1 is 1.65 bits per heavy atom. The lowest BCUT2D eigenvalue weighted by Crippen LogP contribution is -2.40. The Bertz CT molecular complexity index is 410. The molecule has 2 rings (SSSR count). The summed E-state index contributed by atoms with van der Waals surface area (Å²) in [5, 5.41) is 6.71. The number of nitrogens with zero attached hydrogens (tertiary/aromatic N) is 1. The van der Waals surface area contributed by atoms with E-state index >= 15 is 0 Å². The zero-order valence-corrected chi connectivity index (χ0v) is 10.5. The van der Waals surface area contributed by atoms with Crippen LogP contribution < -0.4 is 10.6 Å². The molecule has 1 aromatic heterocycles. The van der Waals surface area contributed by atoms with Crippen molar-refractivity contribution in [2.24, 2.45) is 5.92 Å². The van der Waals surface area contributed by atoms with E-state index in [-0.39, 0.29) is 11.8 Å². The molecular weight excluding hydrogens is 238 g/mol. The number of halogens is 1. The van der Waals surface area contributed by atoms with Gasteiger partial charge in [-0.05, 0) is 38.4 Å². The van der Waals surface area contributed by atoms with Gasteiger partial charge in [0.15, 0.2) is 0 Å². The summed E-state index contributed by atoms with van der Waals surface area (Å²) in [5.41, 5.74) is 0. The number of anilines is 1. The maximum Gasteiger partial charge on any atom is 0.228 e. The molecule has 1 fully saturated rings. The van der Waals surface area contributed by atoms with E-state index < -0.39 is 0 Å². The molecule has 1 saturated heterocycles. The van der Waals surface area contributed by atoms with Gasteiger partial charge < -0.3 is 10.6 Å². The topological polar surface area (TPSA) is 54.0 Å². The van der Waals surface area contributed by atoms with Gasteiger partial charge in [0.25, 0.3) is 0 Å². The normalized spacial score (nSPS) is 24.4. The maximum absolute atomic E-state index is 12.0. The summed E-state index contributed by atoms with van der Waals surface area (Å²) >= 11 is 5.84. The maximum atomic E-state index is 12.0. The number of amides is 1. The molecule has 0 aromatic carbocycles. The molecule has 17 heavy (non-hydrogen) atoms. The largest absolute Gasteiger partial charge is 0.314 e. The Labute approximate surface area is 106 Å². The van der Waals surface area contributed by atoms with E-state index in [2.05, 4.69) is 22.5 Å². The summed E-state index contributed by atoms with van der Waals surface area (Å²) in [4.78, 5) is 16.1. The standard InChI is InChI=1S/C12H16ClN3O/c1-8-6-9(2-4-14-8)12(17)16-11-7-10(13)3-5-15-11/h3,5,7-9,14H,2,4,6H2,1H3,(H,15,16,17). The number of carbonyl (C=O) groups is 1. The quantitative estimate of drug-likeness (QED) is 0.848. The molecule has 92 valence electrons. The van der Waals surface area contributed by atoms with Crippen LogP contribution in [-0.4, -0.2) is 23.5 Å². The molecule has 2 N–H and O–H groups in total. The fourth-order valence-electron chi connectivity index (χ4n) is 2.07. The van der Waals surface area contributed by atoms with Gasteiger partial charge in [-0.3, -0.25) is 4.79 Å². The predicted octanol–water partition coefficient (Wildman–Crippen LogP) is 2.06. The van der Waals surface area contributed by atoms with E-state index in [9.17, 15) is 4.79 Å². The highest BCUT2D eigenvalue weighted by molar-refractivity contribution is 6.30. The van der Waals surface area contributed by atoms with Gasteiger partial charge in [0.1, 0.15) is 5.82 Å². The predicted molar refractivity (Wildman–Crippen MR) is 68.1 cm³/mol. The molecule has 0 saturated carbocycles. The first kappa shape index (κ1) is 12.3. The van der Waals surface area contributed by atoms with Crippen LogP contribution in [0.3, 0.4) is 0 Å². The van der Waals surface area contributed by atoms with Crippen LogP contribution in [0.2, 0.25) is 5.02 Å². The zero-order valence-electron chi connectivity index (χ0n) is 9.74. The van der Waals surface area contributed by atoms with Crippen LogP contribution in [0, 0.1) is 5.92 Å². The first-order valence-corrected chi connectivity index (χ1v) is 6.19. The molecule has 1 aliphatic heterocycles. The lowest BCUT2D eigenvalue weighted by Gasteiger charge is -2.26. The van der Waals surface area contributed by atoms with Crippen molar-refractivity contribution in [2.75, 3.05) is 11.9 Å². The van der Waals surface area contributed by atoms with Crippen LogP contribution in [0.1, 0.15) is 19.8 Å². The molecule has 2 atom stereocenters. The van der Waals surface area contributed by atoms with Crippen LogP contribution in [-0.2, 0) is 4.79 Å². The van der Waals surface area contributed by atoms with Crippen LogP contribution in [0.5, 0.6) is 0 Å². The van der Waals surface area contributed by atoms with Crippen LogP contribution >= 0.6 is 11.6 Å². The molecule has 0 bridgehead atoms. The van der Waals surface area contributed by atoms with Gasteiger partial charge >= 0.3 is 0 Å². The average Bonchev–Trinajstić information content (AvgIpc) is 2.29. The van der Waals surface area contributed by atoms with Crippen molar-refractivity contribution in [3.05, 3.63) is 23.4 Å². The highest BCUT2D eigenvalue weighted by Gasteiger charge is 2.24. The first-order chi connectivity index (χ1) is 8.15. The Morgan fingerprint density at radius 3 is 3.18 bits per heavy atom. The second-order valence-corrected chi connectivity index (χ2v) is 4.86. The monoisotopic (exact) mass is 253 g/mol. The molecule has 0 spiro atoms. The summed E-state index contributed by atoms with van der Waals surface area (Å²) in [5.74, 6) is 0.619. The number of rotatable bonds is 2. The van der Waals surface area contributed by atoms with Gasteiger partial charge in [0.05, 0.1) is 0 Å². The second-order valence-electron chi connectivity index (χ2n) is 4.43. The summed E-state index contributed by atoms with van der Waals surface area (Å²) in [6, 6.07) is 3.74. The van der Waals surface area contributed by atoms with Crippen molar-refractivity contribution < 1.29 is 4.79 Å². The van der Waals surface area contributed by atoms with Crippen molar-refractivity contribution in [3.8, 4) is 0 Å². The van der Waals surface area contributed by atoms with Crippen molar-refractivity contribution in [3.63, 3.8) is 0 Å². The third-order valence-electron chi connectivity index (χ3n) is 2.97. The first-order valence-electron chi connectivity index (χ1n) is 5.81. The number of pyridine rings is 1. The van der Waals surface area contributed by atoms with Gasteiger partial charge in [0, 0.05) is 23.2 Å². The molecule has 1 aliphatic rings. The Morgan fingerprint density at radius 2 is 2.47 bits per heavy atom. The van der Waals surface area contributed by atoms with Crippen molar-refractivity contribution >= 4 is 23.3 Å². The summed E-state index contributed by atoms with van der Waals surface area (Å²) in [7, 11) is 0. The number of piperidine rings is 1. The average molecular weight is 254 g/mol. The molecule has 2 heterocycles. The molecule has 1 aromatic rings. The number of nitrogens with one attached hydrogen (secondary N) is 2. The number of hydrogen-bond acceptors (Lipinski definition) is 3. The minimum atomic E-state index is 0.0353. The van der Waals surface area contributed by atoms with E-state index in [1.165, 1.54) is 0 Å². The van der Waals surface area contributed by atoms with E-state index in [0.717, 1.165) is 19.4 Å². The lowest BCUT2D eigenvalue weighted by atomic mass is 9.92. The summed E-state index contributed by atoms with van der Waals surface area (Å²) in [6.07, 6.45) is 3.33. The van der Waals surface area contributed by atoms with Gasteiger partial charge in [-0.2, -0.15) is 0 Å². The minimum absolute atomic E-state index is 0.0353. The second kappa shape index (κ2) is 5.47. The van der Waals surface area contributed by atoms with Gasteiger partial charge in [-0.15, -0.1) is 0 Å². The number of aromatic nitrogens is 1. The van der Waals surface area contributed by atoms with Crippen molar-refractivity contribution in [2.45, 2.75) is 25.8 Å². The Balaban J connectivity index is 1.96. The van der Waals surface area contributed by atoms with E-state index in [0.29, 0.717) is 16.9 Å². The van der Waals surface area contributed by atoms with Crippen molar-refractivity contribution in [1.82, 2.24) is 10.3 Å². The molecule has 1 amide bonds. The van der Waals surface area contributed by atoms with Gasteiger partial charge in [-0.1, -0.05) is 11.6 Å². The number of carbonyl (C=O) groups excluding carboxylic acids is 1. The summed E-state index contributed by atoms with van der Waals surface area (Å²) in [6.45, 7) is 2.99. The summed E-state index contributed by atoms with van der Waals surface area (Å²) < 4.78 is 0. The van der Waals surface area contributed by atoms with E-state index in [1.54, 1.807) is 18.3 Å². The molecule has 0 aliphatic carbocycles. The van der Waals surface area contributed by atoms with E-state index in [1.807, 2.05) is 0 Å². The Hall–Kier alpha value is -1.13. The van der Waals surface area contributed by atoms with Crippen LogP contribution in [0.25, 0.3) is 0 Å². The van der Waals surface area contributed by atoms with E-state index in [4.69, 9.17) is 11.6 Å². The minimum Gasteiger partial charge on any atom is -0.314 e. The Kier molecular flexibility index (Phi) is 3.97. The lowest BCUT2D eigenvalue weighted by molar-refractivity contribution is -0.120.